The van der Waals surface area contributed by atoms with Gasteiger partial charge in [-0.05, 0) is 19.4 Å². The Hall–Kier alpha value is -0.780. The quantitative estimate of drug-likeness (QED) is 0.760. The summed E-state index contributed by atoms with van der Waals surface area (Å²) in [6.07, 6.45) is 7.17. The average molecular weight is 295 g/mol. The molecule has 18 heavy (non-hydrogen) atoms. The van der Waals surface area contributed by atoms with Crippen molar-refractivity contribution in [3.63, 3.8) is 0 Å². The first-order chi connectivity index (χ1) is 7.84. The number of rotatable bonds is 5. The maximum absolute atomic E-state index is 11.5. The van der Waals surface area contributed by atoms with Crippen LogP contribution in [0.2, 0.25) is 0 Å². The third kappa shape index (κ3) is 5.71. The molecule has 1 amide bonds. The number of aromatic amines is 1. The molecule has 0 radical (unpaired) electrons. The van der Waals surface area contributed by atoms with Crippen LogP contribution in [-0.2, 0) is 11.2 Å². The highest BCUT2D eigenvalue weighted by Crippen LogP contribution is 2.07. The maximum atomic E-state index is 11.5. The van der Waals surface area contributed by atoms with E-state index in [1.807, 2.05) is 0 Å². The molecule has 1 saturated heterocycles. The van der Waals surface area contributed by atoms with Gasteiger partial charge >= 0.3 is 0 Å². The molecular formula is C11H20Cl2N4O. The fraction of sp³-hybridized carbons (Fsp3) is 0.636. The van der Waals surface area contributed by atoms with E-state index in [9.17, 15) is 4.79 Å². The number of halogens is 2. The van der Waals surface area contributed by atoms with Crippen LogP contribution in [0.3, 0.4) is 0 Å². The largest absolute Gasteiger partial charge is 0.356 e. The van der Waals surface area contributed by atoms with Gasteiger partial charge in [0, 0.05) is 37.8 Å². The molecule has 0 aromatic carbocycles. The summed E-state index contributed by atoms with van der Waals surface area (Å²) in [6.45, 7) is 1.70. The van der Waals surface area contributed by atoms with Crippen LogP contribution in [0.1, 0.15) is 25.1 Å². The first-order valence-corrected chi connectivity index (χ1v) is 5.83. The van der Waals surface area contributed by atoms with Gasteiger partial charge in [-0.15, -0.1) is 24.8 Å². The van der Waals surface area contributed by atoms with Crippen molar-refractivity contribution < 1.29 is 4.79 Å². The van der Waals surface area contributed by atoms with Crippen molar-refractivity contribution >= 4 is 30.7 Å². The van der Waals surface area contributed by atoms with Crippen molar-refractivity contribution in [1.82, 2.24) is 20.6 Å². The Morgan fingerprint density at radius 2 is 2.33 bits per heavy atom. The number of nitrogens with one attached hydrogen (secondary N) is 3. The summed E-state index contributed by atoms with van der Waals surface area (Å²) in [7, 11) is 0. The first kappa shape index (κ1) is 17.2. The molecule has 1 aliphatic heterocycles. The standard InChI is InChI=1S/C11H18N4O.2ClH/c16-11(8-9-2-1-4-12-9)15-5-3-10-13-6-7-14-10;;/h6-7,9,12H,1-5,8H2,(H,13,14)(H,15,16);2*1H. The molecule has 0 aliphatic carbocycles. The van der Waals surface area contributed by atoms with Gasteiger partial charge < -0.3 is 15.6 Å². The minimum atomic E-state index is 0. The van der Waals surface area contributed by atoms with Gasteiger partial charge in [-0.2, -0.15) is 0 Å². The van der Waals surface area contributed by atoms with Gasteiger partial charge in [0.1, 0.15) is 5.82 Å². The van der Waals surface area contributed by atoms with Crippen molar-refractivity contribution in [3.05, 3.63) is 18.2 Å². The molecule has 1 atom stereocenters. The van der Waals surface area contributed by atoms with Gasteiger partial charge in [-0.3, -0.25) is 4.79 Å². The van der Waals surface area contributed by atoms with E-state index in [1.54, 1.807) is 12.4 Å². The van der Waals surface area contributed by atoms with Crippen LogP contribution in [0.25, 0.3) is 0 Å². The molecule has 104 valence electrons. The number of H-pyrrole nitrogens is 1. The molecule has 3 N–H and O–H groups in total. The Labute approximate surface area is 119 Å². The van der Waals surface area contributed by atoms with Crippen LogP contribution in [0.4, 0.5) is 0 Å². The summed E-state index contributed by atoms with van der Waals surface area (Å²) < 4.78 is 0. The normalized spacial score (nSPS) is 17.7. The Bertz CT molecular complexity index is 326. The van der Waals surface area contributed by atoms with Gasteiger partial charge in [0.2, 0.25) is 5.91 Å². The maximum Gasteiger partial charge on any atom is 0.221 e. The highest BCUT2D eigenvalue weighted by Gasteiger charge is 2.17. The minimum absolute atomic E-state index is 0. The van der Waals surface area contributed by atoms with Crippen LogP contribution in [0.15, 0.2) is 12.4 Å². The van der Waals surface area contributed by atoms with E-state index in [2.05, 4.69) is 20.6 Å². The van der Waals surface area contributed by atoms with E-state index in [-0.39, 0.29) is 30.7 Å². The molecule has 5 nitrogen and oxygen atoms in total. The summed E-state index contributed by atoms with van der Waals surface area (Å²) in [5.74, 6) is 1.05. The molecule has 1 aromatic rings. The number of amides is 1. The summed E-state index contributed by atoms with van der Waals surface area (Å²) in [6, 6.07) is 0.378. The van der Waals surface area contributed by atoms with Crippen LogP contribution >= 0.6 is 24.8 Å². The Kier molecular flexibility index (Phi) is 8.79. The molecule has 0 spiro atoms. The summed E-state index contributed by atoms with van der Waals surface area (Å²) in [5, 5.41) is 6.22. The van der Waals surface area contributed by atoms with Gasteiger partial charge in [0.15, 0.2) is 0 Å². The fourth-order valence-corrected chi connectivity index (χ4v) is 1.98. The van der Waals surface area contributed by atoms with E-state index in [0.29, 0.717) is 19.0 Å². The Morgan fingerprint density at radius 1 is 1.50 bits per heavy atom. The number of hydrogen-bond donors (Lipinski definition) is 3. The molecule has 1 fully saturated rings. The van der Waals surface area contributed by atoms with Crippen molar-refractivity contribution in [3.8, 4) is 0 Å². The fourth-order valence-electron chi connectivity index (χ4n) is 1.98. The second kappa shape index (κ2) is 9.19. The van der Waals surface area contributed by atoms with Crippen LogP contribution < -0.4 is 10.6 Å². The zero-order chi connectivity index (χ0) is 11.2. The molecular weight excluding hydrogens is 275 g/mol. The van der Waals surface area contributed by atoms with E-state index in [4.69, 9.17) is 0 Å². The molecule has 1 aliphatic rings. The molecule has 1 aromatic heterocycles. The minimum Gasteiger partial charge on any atom is -0.356 e. The zero-order valence-electron chi connectivity index (χ0n) is 10.1. The first-order valence-electron chi connectivity index (χ1n) is 5.83. The lowest BCUT2D eigenvalue weighted by Crippen LogP contribution is -2.32. The van der Waals surface area contributed by atoms with E-state index in [1.165, 1.54) is 6.42 Å². The summed E-state index contributed by atoms with van der Waals surface area (Å²) >= 11 is 0. The van der Waals surface area contributed by atoms with Crippen molar-refractivity contribution in [2.24, 2.45) is 0 Å². The van der Waals surface area contributed by atoms with Crippen molar-refractivity contribution in [2.45, 2.75) is 31.7 Å². The number of hydrogen-bond acceptors (Lipinski definition) is 3. The molecule has 0 bridgehead atoms. The average Bonchev–Trinajstić information content (AvgIpc) is 2.90. The van der Waals surface area contributed by atoms with Crippen LogP contribution in [0, 0.1) is 0 Å². The Morgan fingerprint density at radius 3 is 2.94 bits per heavy atom. The third-order valence-electron chi connectivity index (χ3n) is 2.83. The van der Waals surface area contributed by atoms with E-state index < -0.39 is 0 Å². The van der Waals surface area contributed by atoms with Crippen molar-refractivity contribution in [2.75, 3.05) is 13.1 Å². The second-order valence-electron chi connectivity index (χ2n) is 4.13. The van der Waals surface area contributed by atoms with E-state index >= 15 is 0 Å². The summed E-state index contributed by atoms with van der Waals surface area (Å²) in [4.78, 5) is 18.7. The van der Waals surface area contributed by atoms with Gasteiger partial charge in [-0.25, -0.2) is 4.98 Å². The van der Waals surface area contributed by atoms with Gasteiger partial charge in [0.05, 0.1) is 0 Å². The number of nitrogens with zero attached hydrogens (tertiary/aromatic N) is 1. The van der Waals surface area contributed by atoms with Crippen LogP contribution in [0.5, 0.6) is 0 Å². The Balaban J connectivity index is 0.00000144. The predicted molar refractivity (Wildman–Crippen MR) is 75.4 cm³/mol. The number of carbonyl (C=O) groups is 1. The molecule has 2 heterocycles. The van der Waals surface area contributed by atoms with E-state index in [0.717, 1.165) is 25.2 Å². The topological polar surface area (TPSA) is 69.8 Å². The van der Waals surface area contributed by atoms with Crippen molar-refractivity contribution in [1.29, 1.82) is 0 Å². The number of aromatic nitrogens is 2. The van der Waals surface area contributed by atoms with Gasteiger partial charge in [0.25, 0.3) is 0 Å². The predicted octanol–water partition coefficient (Wildman–Crippen LogP) is 1.05. The highest BCUT2D eigenvalue weighted by molar-refractivity contribution is 5.85. The lowest BCUT2D eigenvalue weighted by Gasteiger charge is -2.09. The molecule has 0 saturated carbocycles. The third-order valence-corrected chi connectivity index (χ3v) is 2.83. The lowest BCUT2D eigenvalue weighted by atomic mass is 10.1. The number of imidazole rings is 1. The molecule has 2 rings (SSSR count). The molecule has 1 unspecified atom stereocenters. The summed E-state index contributed by atoms with van der Waals surface area (Å²) in [5.41, 5.74) is 0. The SMILES string of the molecule is Cl.Cl.O=C(CC1CCCN1)NCCc1ncc[nH]1. The monoisotopic (exact) mass is 294 g/mol. The number of carbonyl (C=O) groups excluding carboxylic acids is 1. The zero-order valence-corrected chi connectivity index (χ0v) is 11.8. The molecule has 7 heteroatoms. The van der Waals surface area contributed by atoms with Crippen LogP contribution in [-0.4, -0.2) is 35.0 Å². The van der Waals surface area contributed by atoms with Gasteiger partial charge in [-0.1, -0.05) is 0 Å². The lowest BCUT2D eigenvalue weighted by molar-refractivity contribution is -0.121. The highest BCUT2D eigenvalue weighted by atomic mass is 35.5. The second-order valence-corrected chi connectivity index (χ2v) is 4.13. The smallest absolute Gasteiger partial charge is 0.221 e.